The second-order valence-corrected chi connectivity index (χ2v) is 10.2. The van der Waals surface area contributed by atoms with Crippen LogP contribution in [0.25, 0.3) is 0 Å². The van der Waals surface area contributed by atoms with Crippen molar-refractivity contribution in [2.24, 2.45) is 11.3 Å². The summed E-state index contributed by atoms with van der Waals surface area (Å²) in [7, 11) is 0. The molecule has 1 aliphatic rings. The molecule has 4 rings (SSSR count). The van der Waals surface area contributed by atoms with Crippen LogP contribution >= 0.6 is 11.6 Å². The Morgan fingerprint density at radius 1 is 1.00 bits per heavy atom. The molecule has 0 aliphatic carbocycles. The zero-order valence-electron chi connectivity index (χ0n) is 19.2. The van der Waals surface area contributed by atoms with E-state index in [2.05, 4.69) is 11.0 Å². The third-order valence-electron chi connectivity index (χ3n) is 6.79. The third kappa shape index (κ3) is 5.00. The van der Waals surface area contributed by atoms with E-state index in [-0.39, 0.29) is 24.5 Å². The van der Waals surface area contributed by atoms with Crippen LogP contribution < -0.4 is 0 Å². The van der Waals surface area contributed by atoms with Crippen LogP contribution in [-0.2, 0) is 0 Å². The first-order chi connectivity index (χ1) is 16.2. The number of hydrogen-bond donors (Lipinski definition) is 1. The molecule has 3 nitrogen and oxygen atoms in total. The molecule has 1 N–H and O–H groups in total. The van der Waals surface area contributed by atoms with Gasteiger partial charge in [0.2, 0.25) is 0 Å². The predicted octanol–water partition coefficient (Wildman–Crippen LogP) is 6.31. The highest BCUT2D eigenvalue weighted by atomic mass is 35.5. The second-order valence-electron chi connectivity index (χ2n) is 9.73. The van der Waals surface area contributed by atoms with Gasteiger partial charge in [-0.1, -0.05) is 49.7 Å². The third-order valence-corrected chi connectivity index (χ3v) is 7.04. The van der Waals surface area contributed by atoms with Gasteiger partial charge in [0.25, 0.3) is 0 Å². The molecule has 0 amide bonds. The molecule has 0 saturated carbocycles. The van der Waals surface area contributed by atoms with E-state index in [4.69, 9.17) is 11.6 Å². The Balaban J connectivity index is 1.67. The summed E-state index contributed by atoms with van der Waals surface area (Å²) in [5.41, 5.74) is 2.63. The molecular formula is C28H27ClF2N2O. The van der Waals surface area contributed by atoms with Gasteiger partial charge in [0, 0.05) is 30.8 Å². The lowest BCUT2D eigenvalue weighted by Gasteiger charge is -2.51. The number of nitriles is 1. The smallest absolute Gasteiger partial charge is 0.126 e. The molecule has 34 heavy (non-hydrogen) atoms. The molecule has 3 aromatic carbocycles. The molecular weight excluding hydrogens is 454 g/mol. The molecule has 0 radical (unpaired) electrons. The Hall–Kier alpha value is -2.78. The average Bonchev–Trinajstić information content (AvgIpc) is 2.78. The number of aliphatic hydroxyl groups excluding tert-OH is 1. The molecule has 3 aromatic rings. The first-order valence-corrected chi connectivity index (χ1v) is 11.7. The quantitative estimate of drug-likeness (QED) is 0.431. The number of rotatable bonds is 7. The Bertz CT molecular complexity index is 1180. The van der Waals surface area contributed by atoms with Gasteiger partial charge in [-0.3, -0.25) is 4.90 Å². The number of nitrogens with zero attached hydrogens (tertiary/aromatic N) is 2. The van der Waals surface area contributed by atoms with E-state index in [1.165, 1.54) is 12.1 Å². The molecule has 2 unspecified atom stereocenters. The van der Waals surface area contributed by atoms with Crippen molar-refractivity contribution in [2.45, 2.75) is 25.8 Å². The van der Waals surface area contributed by atoms with Gasteiger partial charge in [-0.05, 0) is 70.3 Å². The van der Waals surface area contributed by atoms with E-state index >= 15 is 0 Å². The average molecular weight is 481 g/mol. The fourth-order valence-corrected chi connectivity index (χ4v) is 5.35. The van der Waals surface area contributed by atoms with Gasteiger partial charge in [0.15, 0.2) is 0 Å². The van der Waals surface area contributed by atoms with Crippen LogP contribution in [0, 0.1) is 34.3 Å². The maximum Gasteiger partial charge on any atom is 0.126 e. The van der Waals surface area contributed by atoms with Crippen LogP contribution in [0.3, 0.4) is 0 Å². The number of hydrogen-bond acceptors (Lipinski definition) is 3. The fourth-order valence-electron chi connectivity index (χ4n) is 5.22. The van der Waals surface area contributed by atoms with Crippen LogP contribution in [-0.4, -0.2) is 29.7 Å². The summed E-state index contributed by atoms with van der Waals surface area (Å²) in [6.45, 7) is 5.11. The lowest BCUT2D eigenvalue weighted by atomic mass is 9.66. The highest BCUT2D eigenvalue weighted by Gasteiger charge is 2.44. The van der Waals surface area contributed by atoms with Crippen molar-refractivity contribution >= 4 is 11.6 Å². The van der Waals surface area contributed by atoms with Gasteiger partial charge in [-0.25, -0.2) is 8.78 Å². The van der Waals surface area contributed by atoms with E-state index in [0.29, 0.717) is 29.2 Å². The van der Waals surface area contributed by atoms with E-state index in [1.807, 2.05) is 56.3 Å². The molecule has 0 aromatic heterocycles. The van der Waals surface area contributed by atoms with Crippen molar-refractivity contribution in [3.8, 4) is 6.07 Å². The number of aliphatic hydroxyl groups is 1. The second kappa shape index (κ2) is 9.84. The lowest BCUT2D eigenvalue weighted by molar-refractivity contribution is 0.00333. The lowest BCUT2D eigenvalue weighted by Crippen LogP contribution is -2.53. The molecule has 1 heterocycles. The Labute approximate surface area is 204 Å². The largest absolute Gasteiger partial charge is 0.396 e. The fraction of sp³-hybridized carbons (Fsp3) is 0.321. The minimum absolute atomic E-state index is 0.0936. The van der Waals surface area contributed by atoms with E-state index < -0.39 is 17.0 Å². The first-order valence-electron chi connectivity index (χ1n) is 11.3. The minimum Gasteiger partial charge on any atom is -0.396 e. The molecule has 1 aliphatic heterocycles. The summed E-state index contributed by atoms with van der Waals surface area (Å²) in [6, 6.07) is 21.0. The standard InChI is InChI=1S/C28H27ClF2N2O/c1-28(2,17-34)26(21-11-24(30)13-25(31)12-21)22-15-33(16-22)27(19-6-8-23(29)9-7-19)20-5-3-4-18(10-20)14-32/h3-13,22,26-27,34H,15-17H2,1-2H3. The van der Waals surface area contributed by atoms with Crippen LogP contribution in [0.5, 0.6) is 0 Å². The number of halogens is 3. The molecule has 6 heteroatoms. The van der Waals surface area contributed by atoms with Crippen LogP contribution in [0.1, 0.15) is 48.1 Å². The van der Waals surface area contributed by atoms with Gasteiger partial charge in [0.05, 0.1) is 17.7 Å². The molecule has 176 valence electrons. The predicted molar refractivity (Wildman–Crippen MR) is 129 cm³/mol. The summed E-state index contributed by atoms with van der Waals surface area (Å²) in [6.07, 6.45) is 0. The molecule has 1 fully saturated rings. The van der Waals surface area contributed by atoms with Crippen molar-refractivity contribution in [1.29, 1.82) is 5.26 Å². The van der Waals surface area contributed by atoms with Crippen LogP contribution in [0.15, 0.2) is 66.7 Å². The van der Waals surface area contributed by atoms with E-state index in [1.54, 1.807) is 6.07 Å². The summed E-state index contributed by atoms with van der Waals surface area (Å²) >= 11 is 6.12. The molecule has 0 bridgehead atoms. The highest BCUT2D eigenvalue weighted by Crippen LogP contribution is 2.47. The van der Waals surface area contributed by atoms with Gasteiger partial charge < -0.3 is 5.11 Å². The zero-order chi connectivity index (χ0) is 24.5. The molecule has 0 spiro atoms. The zero-order valence-corrected chi connectivity index (χ0v) is 19.9. The van der Waals surface area contributed by atoms with Crippen molar-refractivity contribution in [3.63, 3.8) is 0 Å². The topological polar surface area (TPSA) is 47.3 Å². The van der Waals surface area contributed by atoms with Gasteiger partial charge in [-0.15, -0.1) is 0 Å². The van der Waals surface area contributed by atoms with Crippen molar-refractivity contribution in [3.05, 3.63) is 106 Å². The maximum absolute atomic E-state index is 14.1. The Morgan fingerprint density at radius 3 is 2.24 bits per heavy atom. The van der Waals surface area contributed by atoms with Gasteiger partial charge in [0.1, 0.15) is 11.6 Å². The summed E-state index contributed by atoms with van der Waals surface area (Å²) in [5.74, 6) is -1.36. The highest BCUT2D eigenvalue weighted by molar-refractivity contribution is 6.30. The van der Waals surface area contributed by atoms with Crippen LogP contribution in [0.2, 0.25) is 5.02 Å². The van der Waals surface area contributed by atoms with Gasteiger partial charge >= 0.3 is 0 Å². The summed E-state index contributed by atoms with van der Waals surface area (Å²) < 4.78 is 28.1. The SMILES string of the molecule is CC(C)(CO)C(c1cc(F)cc(F)c1)C1CN(C(c2ccc(Cl)cc2)c2cccc(C#N)c2)C1. The van der Waals surface area contributed by atoms with Crippen LogP contribution in [0.4, 0.5) is 8.78 Å². The molecule has 2 atom stereocenters. The molecule has 1 saturated heterocycles. The summed E-state index contributed by atoms with van der Waals surface area (Å²) in [4.78, 5) is 2.29. The Morgan fingerprint density at radius 2 is 1.65 bits per heavy atom. The number of benzene rings is 3. The van der Waals surface area contributed by atoms with Crippen molar-refractivity contribution in [1.82, 2.24) is 4.90 Å². The number of likely N-dealkylation sites (tertiary alicyclic amines) is 1. The first kappa shape index (κ1) is 24.3. The normalized spacial score (nSPS) is 16.5. The van der Waals surface area contributed by atoms with Gasteiger partial charge in [-0.2, -0.15) is 5.26 Å². The van der Waals surface area contributed by atoms with E-state index in [9.17, 15) is 19.1 Å². The van der Waals surface area contributed by atoms with Crippen molar-refractivity contribution < 1.29 is 13.9 Å². The monoisotopic (exact) mass is 480 g/mol. The van der Waals surface area contributed by atoms with E-state index in [0.717, 1.165) is 17.2 Å². The maximum atomic E-state index is 14.1. The van der Waals surface area contributed by atoms with Crippen molar-refractivity contribution in [2.75, 3.05) is 19.7 Å². The summed E-state index contributed by atoms with van der Waals surface area (Å²) in [5, 5.41) is 20.1. The Kier molecular flexibility index (Phi) is 7.04. The minimum atomic E-state index is -0.614.